The van der Waals surface area contributed by atoms with Gasteiger partial charge in [0.15, 0.2) is 5.65 Å². The van der Waals surface area contributed by atoms with Crippen LogP contribution in [-0.4, -0.2) is 25.1 Å². The van der Waals surface area contributed by atoms with Crippen LogP contribution >= 0.6 is 11.6 Å². The average molecular weight is 462 g/mol. The van der Waals surface area contributed by atoms with Gasteiger partial charge in [0.1, 0.15) is 11.4 Å². The molecule has 0 fully saturated rings. The third-order valence-electron chi connectivity index (χ3n) is 5.42. The van der Waals surface area contributed by atoms with Gasteiger partial charge in [-0.1, -0.05) is 23.7 Å². The van der Waals surface area contributed by atoms with E-state index in [1.165, 1.54) is 39.5 Å². The summed E-state index contributed by atoms with van der Waals surface area (Å²) in [6, 6.07) is 13.7. The predicted molar refractivity (Wildman–Crippen MR) is 123 cm³/mol. The Balaban J connectivity index is 1.63. The van der Waals surface area contributed by atoms with Crippen molar-refractivity contribution in [1.29, 1.82) is 0 Å². The minimum atomic E-state index is -0.586. The van der Waals surface area contributed by atoms with Crippen LogP contribution in [0.5, 0.6) is 0 Å². The highest BCUT2D eigenvalue weighted by Crippen LogP contribution is 2.26. The lowest BCUT2D eigenvalue weighted by Crippen LogP contribution is -2.32. The monoisotopic (exact) mass is 461 g/mol. The Bertz CT molecular complexity index is 1580. The Kier molecular flexibility index (Phi) is 5.14. The molecule has 164 valence electrons. The molecule has 5 aromatic rings. The Morgan fingerprint density at radius 1 is 1.15 bits per heavy atom. The molecule has 3 heterocycles. The third kappa shape index (κ3) is 3.64. The number of carbonyl (C=O) groups is 1. The van der Waals surface area contributed by atoms with Crippen LogP contribution in [0.15, 0.2) is 78.0 Å². The Labute approximate surface area is 192 Å². The fourth-order valence-corrected chi connectivity index (χ4v) is 4.11. The van der Waals surface area contributed by atoms with E-state index in [-0.39, 0.29) is 11.5 Å². The van der Waals surface area contributed by atoms with Crippen LogP contribution in [0.25, 0.3) is 22.1 Å². The molecule has 1 N–H and O–H groups in total. The first-order valence-corrected chi connectivity index (χ1v) is 10.5. The maximum atomic E-state index is 13.6. The van der Waals surface area contributed by atoms with Crippen molar-refractivity contribution in [3.8, 4) is 5.69 Å². The number of nitrogens with one attached hydrogen (secondary N) is 1. The lowest BCUT2D eigenvalue weighted by atomic mass is 10.1. The number of hydrogen-bond acceptors (Lipinski definition) is 4. The number of nitrogens with zero attached hydrogens (tertiary/aromatic N) is 4. The number of carbonyl (C=O) groups excluding carboxylic acids is 1. The summed E-state index contributed by atoms with van der Waals surface area (Å²) in [6.07, 6.45) is 4.72. The summed E-state index contributed by atoms with van der Waals surface area (Å²) in [6.45, 7) is 1.77. The summed E-state index contributed by atoms with van der Waals surface area (Å²) >= 11 is 6.33. The lowest BCUT2D eigenvalue weighted by Gasteiger charge is -2.21. The number of amides is 1. The maximum absolute atomic E-state index is 13.6. The quantitative estimate of drug-likeness (QED) is 0.432. The summed E-state index contributed by atoms with van der Waals surface area (Å²) in [5.41, 5.74) is 1.33. The summed E-state index contributed by atoms with van der Waals surface area (Å²) in [7, 11) is 0. The minimum Gasteiger partial charge on any atom is -0.344 e. The number of halogens is 2. The van der Waals surface area contributed by atoms with Crippen LogP contribution < -0.4 is 10.9 Å². The molecule has 7 nitrogen and oxygen atoms in total. The van der Waals surface area contributed by atoms with Crippen molar-refractivity contribution in [3.05, 3.63) is 106 Å². The second-order valence-electron chi connectivity index (χ2n) is 7.53. The lowest BCUT2D eigenvalue weighted by molar-refractivity contribution is 0.0940. The molecule has 2 aromatic carbocycles. The van der Waals surface area contributed by atoms with Crippen molar-refractivity contribution in [2.75, 3.05) is 0 Å². The molecule has 0 saturated carbocycles. The van der Waals surface area contributed by atoms with Crippen LogP contribution in [-0.2, 0) is 0 Å². The molecule has 0 aliphatic carbocycles. The molecule has 1 amide bonds. The van der Waals surface area contributed by atoms with Crippen molar-refractivity contribution in [3.63, 3.8) is 0 Å². The van der Waals surface area contributed by atoms with Crippen molar-refractivity contribution in [2.45, 2.75) is 13.0 Å². The van der Waals surface area contributed by atoms with E-state index in [4.69, 9.17) is 11.6 Å². The van der Waals surface area contributed by atoms with E-state index in [2.05, 4.69) is 15.4 Å². The van der Waals surface area contributed by atoms with Crippen molar-refractivity contribution in [1.82, 2.24) is 24.5 Å². The van der Waals surface area contributed by atoms with Gasteiger partial charge in [0, 0.05) is 23.8 Å². The second kappa shape index (κ2) is 8.14. The second-order valence-corrected chi connectivity index (χ2v) is 7.94. The van der Waals surface area contributed by atoms with E-state index in [1.807, 2.05) is 0 Å². The molecule has 3 aromatic heterocycles. The molecule has 5 rings (SSSR count). The van der Waals surface area contributed by atoms with E-state index in [1.54, 1.807) is 49.6 Å². The van der Waals surface area contributed by atoms with Crippen LogP contribution in [0, 0.1) is 5.82 Å². The molecule has 33 heavy (non-hydrogen) atoms. The number of pyridine rings is 1. The first-order chi connectivity index (χ1) is 15.9. The number of rotatable bonds is 4. The van der Waals surface area contributed by atoms with Crippen LogP contribution in [0.4, 0.5) is 4.39 Å². The molecule has 0 bridgehead atoms. The normalized spacial score (nSPS) is 12.2. The number of hydrogen-bond donors (Lipinski definition) is 1. The first-order valence-electron chi connectivity index (χ1n) is 10.1. The molecule has 0 radical (unpaired) electrons. The van der Waals surface area contributed by atoms with Crippen LogP contribution in [0.3, 0.4) is 0 Å². The smallest absolute Gasteiger partial charge is 0.264 e. The zero-order valence-corrected chi connectivity index (χ0v) is 18.1. The molecule has 0 aliphatic rings. The van der Waals surface area contributed by atoms with Crippen LogP contribution in [0.2, 0.25) is 5.02 Å². The highest BCUT2D eigenvalue weighted by molar-refractivity contribution is 6.35. The van der Waals surface area contributed by atoms with Crippen molar-refractivity contribution < 1.29 is 9.18 Å². The van der Waals surface area contributed by atoms with Gasteiger partial charge in [-0.25, -0.2) is 13.9 Å². The highest BCUT2D eigenvalue weighted by Gasteiger charge is 2.21. The van der Waals surface area contributed by atoms with Crippen molar-refractivity contribution in [2.24, 2.45) is 0 Å². The van der Waals surface area contributed by atoms with Gasteiger partial charge in [-0.05, 0) is 54.8 Å². The van der Waals surface area contributed by atoms with E-state index in [9.17, 15) is 14.0 Å². The molecule has 0 spiro atoms. The molecule has 1 unspecified atom stereocenters. The maximum Gasteiger partial charge on any atom is 0.264 e. The van der Waals surface area contributed by atoms with E-state index >= 15 is 0 Å². The zero-order valence-electron chi connectivity index (χ0n) is 17.4. The molecular formula is C24H17ClFN5O2. The minimum absolute atomic E-state index is 0.307. The van der Waals surface area contributed by atoms with Gasteiger partial charge in [0.05, 0.1) is 22.6 Å². The summed E-state index contributed by atoms with van der Waals surface area (Å²) < 4.78 is 16.5. The fourth-order valence-electron chi connectivity index (χ4n) is 3.85. The fraction of sp³-hybridized carbons (Fsp3) is 0.0833. The van der Waals surface area contributed by atoms with Gasteiger partial charge >= 0.3 is 0 Å². The van der Waals surface area contributed by atoms with E-state index in [0.717, 1.165) is 0 Å². The van der Waals surface area contributed by atoms with Gasteiger partial charge in [-0.2, -0.15) is 5.10 Å². The Hall–Kier alpha value is -4.04. The molecule has 9 heteroatoms. The standard InChI is InChI=1S/C24H17ClFN5O2/c1-14(29-23(32)18-13-28-30-11-3-10-27-22(18)30)20-12-15-4-2-5-19(25)21(15)24(33)31(20)17-8-6-16(26)7-9-17/h2-14H,1H3,(H,29,32). The summed E-state index contributed by atoms with van der Waals surface area (Å²) in [5, 5.41) is 8.36. The largest absolute Gasteiger partial charge is 0.344 e. The van der Waals surface area contributed by atoms with Crippen LogP contribution in [0.1, 0.15) is 29.0 Å². The summed E-state index contributed by atoms with van der Waals surface area (Å²) in [4.78, 5) is 30.7. The SMILES string of the molecule is CC(NC(=O)c1cnn2cccnc12)c1cc2cccc(Cl)c2c(=O)n1-c1ccc(F)cc1. The summed E-state index contributed by atoms with van der Waals surface area (Å²) in [5.74, 6) is -0.811. The molecular weight excluding hydrogens is 445 g/mol. The van der Waals surface area contributed by atoms with Gasteiger partial charge in [0.25, 0.3) is 11.5 Å². The molecule has 1 atom stereocenters. The zero-order chi connectivity index (χ0) is 23.1. The van der Waals surface area contributed by atoms with Gasteiger partial charge in [-0.15, -0.1) is 0 Å². The number of aromatic nitrogens is 4. The predicted octanol–water partition coefficient (Wildman–Crippen LogP) is 4.32. The average Bonchev–Trinajstić information content (AvgIpc) is 3.24. The topological polar surface area (TPSA) is 81.3 Å². The van der Waals surface area contributed by atoms with E-state index < -0.39 is 11.9 Å². The Morgan fingerprint density at radius 2 is 1.94 bits per heavy atom. The van der Waals surface area contributed by atoms with Gasteiger partial charge in [-0.3, -0.25) is 14.2 Å². The molecule has 0 aliphatic heterocycles. The third-order valence-corrected chi connectivity index (χ3v) is 5.74. The first kappa shape index (κ1) is 20.8. The molecule has 0 saturated heterocycles. The van der Waals surface area contributed by atoms with Crippen molar-refractivity contribution >= 4 is 33.9 Å². The van der Waals surface area contributed by atoms with Gasteiger partial charge < -0.3 is 5.32 Å². The number of fused-ring (bicyclic) bond motifs is 2. The van der Waals surface area contributed by atoms with Gasteiger partial charge in [0.2, 0.25) is 0 Å². The number of benzene rings is 2. The Morgan fingerprint density at radius 3 is 2.73 bits per heavy atom. The highest BCUT2D eigenvalue weighted by atomic mass is 35.5. The van der Waals surface area contributed by atoms with E-state index in [0.29, 0.717) is 38.4 Å².